The summed E-state index contributed by atoms with van der Waals surface area (Å²) in [6.07, 6.45) is 6.44. The van der Waals surface area contributed by atoms with Crippen molar-refractivity contribution >= 4 is 5.65 Å². The highest BCUT2D eigenvalue weighted by Crippen LogP contribution is 2.40. The summed E-state index contributed by atoms with van der Waals surface area (Å²) >= 11 is 0. The Hall–Kier alpha value is -1.86. The van der Waals surface area contributed by atoms with Crippen LogP contribution in [0.2, 0.25) is 0 Å². The van der Waals surface area contributed by atoms with Crippen molar-refractivity contribution in [2.24, 2.45) is 5.73 Å². The summed E-state index contributed by atoms with van der Waals surface area (Å²) < 4.78 is 1.92. The molecular formula is C14H18N4. The van der Waals surface area contributed by atoms with Gasteiger partial charge >= 0.3 is 0 Å². The zero-order chi connectivity index (χ0) is 13.1. The second-order valence-electron chi connectivity index (χ2n) is 4.24. The third-order valence-corrected chi connectivity index (χ3v) is 3.00. The Kier molecular flexibility index (Phi) is 3.63. The summed E-state index contributed by atoms with van der Waals surface area (Å²) in [5, 5.41) is 9.11. The molecule has 0 aromatic carbocycles. The predicted octanol–water partition coefficient (Wildman–Crippen LogP) is 2.57. The average molecular weight is 242 g/mol. The van der Waals surface area contributed by atoms with Gasteiger partial charge in [0, 0.05) is 18.9 Å². The first-order valence-corrected chi connectivity index (χ1v) is 6.43. The molecule has 2 heterocycles. The van der Waals surface area contributed by atoms with Gasteiger partial charge in [-0.2, -0.15) is 5.26 Å². The lowest BCUT2D eigenvalue weighted by atomic mass is 10.1. The first-order valence-electron chi connectivity index (χ1n) is 6.43. The quantitative estimate of drug-likeness (QED) is 0.880. The standard InChI is InChI=1S/C12H12N4.C2H6/c13-4-9-3-10(8-1-2-8)6-16-7-11(5-14)15-12(9)16;1-2/h3,6-8H,1-2,5,14H2;1-2H3. The van der Waals surface area contributed by atoms with E-state index in [9.17, 15) is 0 Å². The van der Waals surface area contributed by atoms with E-state index in [4.69, 9.17) is 11.0 Å². The van der Waals surface area contributed by atoms with Gasteiger partial charge in [0.05, 0.1) is 11.3 Å². The molecule has 3 rings (SSSR count). The van der Waals surface area contributed by atoms with Crippen LogP contribution < -0.4 is 5.73 Å². The van der Waals surface area contributed by atoms with E-state index in [0.29, 0.717) is 23.7 Å². The molecule has 1 fully saturated rings. The summed E-state index contributed by atoms with van der Waals surface area (Å²) in [6.45, 7) is 4.41. The fourth-order valence-electron chi connectivity index (χ4n) is 1.99. The smallest absolute Gasteiger partial charge is 0.155 e. The van der Waals surface area contributed by atoms with Crippen LogP contribution in [0.25, 0.3) is 5.65 Å². The number of hydrogen-bond donors (Lipinski definition) is 1. The number of aromatic nitrogens is 2. The SMILES string of the molecule is CC.N#Cc1cc(C2CC2)cn2cc(CN)nc12. The minimum atomic E-state index is 0.408. The lowest BCUT2D eigenvalue weighted by Gasteiger charge is -2.01. The maximum absolute atomic E-state index is 9.11. The Labute approximate surface area is 107 Å². The third-order valence-electron chi connectivity index (χ3n) is 3.00. The molecule has 0 amide bonds. The monoisotopic (exact) mass is 242 g/mol. The average Bonchev–Trinajstić information content (AvgIpc) is 3.19. The van der Waals surface area contributed by atoms with E-state index in [1.807, 2.05) is 30.5 Å². The molecule has 0 radical (unpaired) electrons. The zero-order valence-corrected chi connectivity index (χ0v) is 10.8. The molecule has 0 unspecified atom stereocenters. The van der Waals surface area contributed by atoms with Crippen LogP contribution in [-0.2, 0) is 6.54 Å². The van der Waals surface area contributed by atoms with Gasteiger partial charge in [0.25, 0.3) is 0 Å². The van der Waals surface area contributed by atoms with Gasteiger partial charge in [-0.15, -0.1) is 0 Å². The molecule has 1 aliphatic carbocycles. The Bertz CT molecular complexity index is 588. The van der Waals surface area contributed by atoms with Crippen LogP contribution in [0.15, 0.2) is 18.5 Å². The van der Waals surface area contributed by atoms with E-state index in [2.05, 4.69) is 17.3 Å². The van der Waals surface area contributed by atoms with E-state index < -0.39 is 0 Å². The summed E-state index contributed by atoms with van der Waals surface area (Å²) in [5.74, 6) is 0.639. The molecule has 0 spiro atoms. The van der Waals surface area contributed by atoms with E-state index in [1.54, 1.807) is 0 Å². The van der Waals surface area contributed by atoms with Crippen molar-refractivity contribution < 1.29 is 0 Å². The van der Waals surface area contributed by atoms with E-state index in [-0.39, 0.29) is 0 Å². The number of nitriles is 1. The number of imidazole rings is 1. The maximum atomic E-state index is 9.11. The van der Waals surface area contributed by atoms with Gasteiger partial charge in [-0.25, -0.2) is 4.98 Å². The Morgan fingerprint density at radius 1 is 1.44 bits per heavy atom. The molecule has 4 nitrogen and oxygen atoms in total. The molecule has 2 aromatic rings. The second kappa shape index (κ2) is 5.19. The van der Waals surface area contributed by atoms with Crippen LogP contribution in [0.5, 0.6) is 0 Å². The largest absolute Gasteiger partial charge is 0.325 e. The summed E-state index contributed by atoms with van der Waals surface area (Å²) in [7, 11) is 0. The van der Waals surface area contributed by atoms with Crippen LogP contribution in [0.1, 0.15) is 49.4 Å². The molecule has 0 saturated heterocycles. The van der Waals surface area contributed by atoms with Gasteiger partial charge in [-0.3, -0.25) is 0 Å². The lowest BCUT2D eigenvalue weighted by Crippen LogP contribution is -1.95. The molecule has 0 atom stereocenters. The first kappa shape index (κ1) is 12.6. The van der Waals surface area contributed by atoms with Crippen molar-refractivity contribution in [2.45, 2.75) is 39.2 Å². The summed E-state index contributed by atoms with van der Waals surface area (Å²) in [5.41, 5.74) is 8.98. The number of fused-ring (bicyclic) bond motifs is 1. The summed E-state index contributed by atoms with van der Waals surface area (Å²) in [4.78, 5) is 4.34. The highest BCUT2D eigenvalue weighted by atomic mass is 15.0. The number of nitrogens with two attached hydrogens (primary N) is 1. The molecular weight excluding hydrogens is 224 g/mol. The van der Waals surface area contributed by atoms with E-state index in [0.717, 1.165) is 5.69 Å². The van der Waals surface area contributed by atoms with Crippen molar-refractivity contribution in [3.63, 3.8) is 0 Å². The molecule has 0 aliphatic heterocycles. The summed E-state index contributed by atoms with van der Waals surface area (Å²) in [6, 6.07) is 4.16. The zero-order valence-electron chi connectivity index (χ0n) is 10.8. The molecule has 2 aromatic heterocycles. The number of hydrogen-bond acceptors (Lipinski definition) is 3. The van der Waals surface area contributed by atoms with Gasteiger partial charge in [0.2, 0.25) is 0 Å². The van der Waals surface area contributed by atoms with Crippen LogP contribution in [-0.4, -0.2) is 9.38 Å². The molecule has 18 heavy (non-hydrogen) atoms. The van der Waals surface area contributed by atoms with Gasteiger partial charge in [0.15, 0.2) is 5.65 Å². The van der Waals surface area contributed by atoms with Crippen molar-refractivity contribution in [1.82, 2.24) is 9.38 Å². The molecule has 1 saturated carbocycles. The highest BCUT2D eigenvalue weighted by Gasteiger charge is 2.25. The van der Waals surface area contributed by atoms with E-state index >= 15 is 0 Å². The maximum Gasteiger partial charge on any atom is 0.155 e. The molecule has 94 valence electrons. The number of rotatable bonds is 2. The van der Waals surface area contributed by atoms with Crippen LogP contribution in [0.3, 0.4) is 0 Å². The van der Waals surface area contributed by atoms with Crippen LogP contribution in [0.4, 0.5) is 0 Å². The van der Waals surface area contributed by atoms with Gasteiger partial charge in [-0.1, -0.05) is 13.8 Å². The minimum Gasteiger partial charge on any atom is -0.325 e. The topological polar surface area (TPSA) is 67.1 Å². The fourth-order valence-corrected chi connectivity index (χ4v) is 1.99. The molecule has 0 bridgehead atoms. The number of nitrogens with zero attached hydrogens (tertiary/aromatic N) is 3. The van der Waals surface area contributed by atoms with Crippen molar-refractivity contribution in [1.29, 1.82) is 5.26 Å². The Morgan fingerprint density at radius 3 is 2.72 bits per heavy atom. The Balaban J connectivity index is 0.000000574. The number of pyridine rings is 1. The first-order chi connectivity index (χ1) is 8.81. The van der Waals surface area contributed by atoms with Gasteiger partial charge in [0.1, 0.15) is 6.07 Å². The van der Waals surface area contributed by atoms with Crippen molar-refractivity contribution in [2.75, 3.05) is 0 Å². The molecule has 4 heteroatoms. The molecule has 1 aliphatic rings. The predicted molar refractivity (Wildman–Crippen MR) is 71.1 cm³/mol. The van der Waals surface area contributed by atoms with Crippen LogP contribution in [0, 0.1) is 11.3 Å². The lowest BCUT2D eigenvalue weighted by molar-refractivity contribution is 1.01. The van der Waals surface area contributed by atoms with Crippen molar-refractivity contribution in [3.05, 3.63) is 35.3 Å². The fraction of sp³-hybridized carbons (Fsp3) is 0.429. The van der Waals surface area contributed by atoms with Crippen LogP contribution >= 0.6 is 0 Å². The van der Waals surface area contributed by atoms with Gasteiger partial charge in [-0.05, 0) is 30.4 Å². The molecule has 2 N–H and O–H groups in total. The van der Waals surface area contributed by atoms with E-state index in [1.165, 1.54) is 18.4 Å². The minimum absolute atomic E-state index is 0.408. The van der Waals surface area contributed by atoms with Crippen molar-refractivity contribution in [3.8, 4) is 6.07 Å². The Morgan fingerprint density at radius 2 is 2.17 bits per heavy atom. The normalized spacial score (nSPS) is 13.9. The third kappa shape index (κ3) is 2.22. The highest BCUT2D eigenvalue weighted by molar-refractivity contribution is 5.57. The van der Waals surface area contributed by atoms with Gasteiger partial charge < -0.3 is 10.1 Å². The second-order valence-corrected chi connectivity index (χ2v) is 4.24.